The Labute approximate surface area is 184 Å². The molecule has 9 heteroatoms. The van der Waals surface area contributed by atoms with Crippen LogP contribution in [-0.2, 0) is 9.59 Å². The maximum atomic E-state index is 12.5. The Morgan fingerprint density at radius 2 is 1.77 bits per heavy atom. The number of anilines is 2. The molecule has 0 bridgehead atoms. The maximum Gasteiger partial charge on any atom is 0.234 e. The van der Waals surface area contributed by atoms with Gasteiger partial charge in [0.1, 0.15) is 0 Å². The van der Waals surface area contributed by atoms with Crippen molar-refractivity contribution in [2.45, 2.75) is 50.2 Å². The number of hydrogen-bond donors (Lipinski definition) is 2. The van der Waals surface area contributed by atoms with Crippen molar-refractivity contribution >= 4 is 35.0 Å². The fraction of sp³-hybridized carbons (Fsp3) is 0.364. The summed E-state index contributed by atoms with van der Waals surface area (Å²) in [6.45, 7) is 1.45. The lowest BCUT2D eigenvalue weighted by atomic mass is 9.95. The predicted molar refractivity (Wildman–Crippen MR) is 120 cm³/mol. The zero-order chi connectivity index (χ0) is 21.6. The third-order valence-electron chi connectivity index (χ3n) is 5.17. The van der Waals surface area contributed by atoms with Crippen LogP contribution in [0.4, 0.5) is 11.4 Å². The minimum Gasteiger partial charge on any atom is -0.461 e. The van der Waals surface area contributed by atoms with E-state index in [1.54, 1.807) is 30.5 Å². The van der Waals surface area contributed by atoms with Gasteiger partial charge in [-0.1, -0.05) is 31.0 Å². The van der Waals surface area contributed by atoms with Gasteiger partial charge in [-0.15, -0.1) is 10.2 Å². The monoisotopic (exact) mass is 439 g/mol. The number of benzene rings is 1. The molecule has 2 heterocycles. The zero-order valence-electron chi connectivity index (χ0n) is 17.3. The number of furan rings is 1. The van der Waals surface area contributed by atoms with Gasteiger partial charge in [0.25, 0.3) is 0 Å². The van der Waals surface area contributed by atoms with Crippen molar-refractivity contribution in [3.05, 3.63) is 42.7 Å². The van der Waals surface area contributed by atoms with Crippen molar-refractivity contribution < 1.29 is 14.0 Å². The van der Waals surface area contributed by atoms with E-state index in [4.69, 9.17) is 4.42 Å². The smallest absolute Gasteiger partial charge is 0.234 e. The summed E-state index contributed by atoms with van der Waals surface area (Å²) in [5.74, 6) is 1.36. The third-order valence-corrected chi connectivity index (χ3v) is 6.11. The summed E-state index contributed by atoms with van der Waals surface area (Å²) in [5.41, 5.74) is 1.36. The highest BCUT2D eigenvalue weighted by Gasteiger charge is 2.25. The summed E-state index contributed by atoms with van der Waals surface area (Å²) in [6, 6.07) is 11.1. The number of nitrogens with one attached hydrogen (secondary N) is 2. The average Bonchev–Trinajstić information content (AvgIpc) is 3.43. The van der Waals surface area contributed by atoms with Crippen LogP contribution in [0.5, 0.6) is 0 Å². The second-order valence-electron chi connectivity index (χ2n) is 7.54. The molecule has 2 amide bonds. The van der Waals surface area contributed by atoms with Gasteiger partial charge in [-0.05, 0) is 49.2 Å². The molecule has 4 rings (SSSR count). The summed E-state index contributed by atoms with van der Waals surface area (Å²) >= 11 is 1.38. The third kappa shape index (κ3) is 5.35. The molecule has 8 nitrogen and oxygen atoms in total. The van der Waals surface area contributed by atoms with Crippen molar-refractivity contribution in [1.82, 2.24) is 14.8 Å². The summed E-state index contributed by atoms with van der Waals surface area (Å²) in [7, 11) is 0. The SMILES string of the molecule is CC(=O)Nc1ccc(NC(=O)CSc2nnc(-c3ccco3)n2C2CCCCC2)cc1. The molecule has 1 fully saturated rings. The van der Waals surface area contributed by atoms with E-state index in [9.17, 15) is 9.59 Å². The van der Waals surface area contributed by atoms with Gasteiger partial charge in [0, 0.05) is 24.3 Å². The Morgan fingerprint density at radius 1 is 1.06 bits per heavy atom. The molecule has 0 saturated heterocycles. The van der Waals surface area contributed by atoms with Crippen molar-refractivity contribution in [3.8, 4) is 11.6 Å². The van der Waals surface area contributed by atoms with Crippen LogP contribution < -0.4 is 10.6 Å². The number of amides is 2. The number of carbonyl (C=O) groups is 2. The highest BCUT2D eigenvalue weighted by Crippen LogP contribution is 2.35. The number of thioether (sulfide) groups is 1. The maximum absolute atomic E-state index is 12.5. The van der Waals surface area contributed by atoms with E-state index in [0.29, 0.717) is 29.0 Å². The molecule has 2 N–H and O–H groups in total. The minimum absolute atomic E-state index is 0.130. The summed E-state index contributed by atoms with van der Waals surface area (Å²) in [5, 5.41) is 15.0. The van der Waals surface area contributed by atoms with Gasteiger partial charge in [0.15, 0.2) is 10.9 Å². The number of hydrogen-bond acceptors (Lipinski definition) is 6. The summed E-state index contributed by atoms with van der Waals surface area (Å²) in [4.78, 5) is 23.6. The molecule has 31 heavy (non-hydrogen) atoms. The second kappa shape index (κ2) is 9.82. The van der Waals surface area contributed by atoms with Crippen LogP contribution in [-0.4, -0.2) is 32.3 Å². The normalized spacial score (nSPS) is 14.4. The van der Waals surface area contributed by atoms with Crippen LogP contribution in [0.25, 0.3) is 11.6 Å². The molecule has 0 unspecified atom stereocenters. The van der Waals surface area contributed by atoms with Crippen LogP contribution in [0, 0.1) is 0 Å². The van der Waals surface area contributed by atoms with Crippen LogP contribution in [0.1, 0.15) is 45.1 Å². The molecule has 0 atom stereocenters. The van der Waals surface area contributed by atoms with Crippen LogP contribution >= 0.6 is 11.8 Å². The van der Waals surface area contributed by atoms with E-state index in [2.05, 4.69) is 25.4 Å². The average molecular weight is 440 g/mol. The van der Waals surface area contributed by atoms with Gasteiger partial charge in [0.05, 0.1) is 12.0 Å². The molecule has 3 aromatic rings. The van der Waals surface area contributed by atoms with Crippen molar-refractivity contribution in [1.29, 1.82) is 0 Å². The van der Waals surface area contributed by atoms with Gasteiger partial charge >= 0.3 is 0 Å². The predicted octanol–water partition coefficient (Wildman–Crippen LogP) is 4.73. The molecule has 1 aromatic carbocycles. The van der Waals surface area contributed by atoms with E-state index >= 15 is 0 Å². The van der Waals surface area contributed by atoms with E-state index in [0.717, 1.165) is 18.0 Å². The fourth-order valence-corrected chi connectivity index (χ4v) is 4.59. The van der Waals surface area contributed by atoms with Gasteiger partial charge in [-0.25, -0.2) is 0 Å². The quantitative estimate of drug-likeness (QED) is 0.516. The van der Waals surface area contributed by atoms with Gasteiger partial charge < -0.3 is 15.1 Å². The van der Waals surface area contributed by atoms with Gasteiger partial charge in [-0.2, -0.15) is 0 Å². The standard InChI is InChI=1S/C22H25N5O3S/c1-15(28)23-16-9-11-17(12-10-16)24-20(29)14-31-22-26-25-21(19-8-5-13-30-19)27(22)18-6-3-2-4-7-18/h5,8-13,18H,2-4,6-7,14H2,1H3,(H,23,28)(H,24,29). The molecule has 0 radical (unpaired) electrons. The molecular weight excluding hydrogens is 414 g/mol. The molecule has 162 valence electrons. The van der Waals surface area contributed by atoms with Crippen molar-refractivity contribution in [3.63, 3.8) is 0 Å². The molecule has 1 saturated carbocycles. The first-order chi connectivity index (χ1) is 15.1. The first-order valence-corrected chi connectivity index (χ1v) is 11.4. The first kappa shape index (κ1) is 21.2. The van der Waals surface area contributed by atoms with E-state index in [1.807, 2.05) is 12.1 Å². The first-order valence-electron chi connectivity index (χ1n) is 10.4. The molecule has 0 spiro atoms. The van der Waals surface area contributed by atoms with Gasteiger partial charge in [0.2, 0.25) is 17.6 Å². The lowest BCUT2D eigenvalue weighted by molar-refractivity contribution is -0.114. The molecular formula is C22H25N5O3S. The Morgan fingerprint density at radius 3 is 2.42 bits per heavy atom. The second-order valence-corrected chi connectivity index (χ2v) is 8.48. The van der Waals surface area contributed by atoms with E-state index in [-0.39, 0.29) is 17.6 Å². The molecule has 1 aliphatic rings. The van der Waals surface area contributed by atoms with E-state index < -0.39 is 0 Å². The zero-order valence-corrected chi connectivity index (χ0v) is 18.2. The number of rotatable bonds is 7. The molecule has 2 aromatic heterocycles. The van der Waals surface area contributed by atoms with E-state index in [1.165, 1.54) is 37.9 Å². The minimum atomic E-state index is -0.135. The largest absolute Gasteiger partial charge is 0.461 e. The van der Waals surface area contributed by atoms with Crippen molar-refractivity contribution in [2.75, 3.05) is 16.4 Å². The number of carbonyl (C=O) groups excluding carboxylic acids is 2. The van der Waals surface area contributed by atoms with Crippen molar-refractivity contribution in [2.24, 2.45) is 0 Å². The Kier molecular flexibility index (Phi) is 6.71. The molecule has 1 aliphatic carbocycles. The number of nitrogens with zero attached hydrogens (tertiary/aromatic N) is 3. The Balaban J connectivity index is 1.43. The highest BCUT2D eigenvalue weighted by molar-refractivity contribution is 7.99. The fourth-order valence-electron chi connectivity index (χ4n) is 3.78. The number of aromatic nitrogens is 3. The van der Waals surface area contributed by atoms with Crippen LogP contribution in [0.3, 0.4) is 0 Å². The Hall–Kier alpha value is -3.07. The van der Waals surface area contributed by atoms with Crippen LogP contribution in [0.2, 0.25) is 0 Å². The Bertz CT molecular complexity index is 1020. The topological polar surface area (TPSA) is 102 Å². The molecule has 0 aliphatic heterocycles. The summed E-state index contributed by atoms with van der Waals surface area (Å²) < 4.78 is 7.70. The highest BCUT2D eigenvalue weighted by atomic mass is 32.2. The lowest BCUT2D eigenvalue weighted by Crippen LogP contribution is -2.17. The lowest BCUT2D eigenvalue weighted by Gasteiger charge is -2.25. The summed E-state index contributed by atoms with van der Waals surface area (Å²) in [6.07, 6.45) is 7.39. The van der Waals surface area contributed by atoms with Crippen LogP contribution in [0.15, 0.2) is 52.2 Å². The van der Waals surface area contributed by atoms with Gasteiger partial charge in [-0.3, -0.25) is 14.2 Å².